The van der Waals surface area contributed by atoms with Gasteiger partial charge in [0.1, 0.15) is 0 Å². The van der Waals surface area contributed by atoms with E-state index in [1.807, 2.05) is 11.9 Å². The second kappa shape index (κ2) is 8.55. The van der Waals surface area contributed by atoms with Crippen LogP contribution in [0.15, 0.2) is 12.1 Å². The number of hydrogen-bond donors (Lipinski definition) is 0. The zero-order valence-corrected chi connectivity index (χ0v) is 17.5. The number of hydrogen-bond acceptors (Lipinski definition) is 7. The topological polar surface area (TPSA) is 87.9 Å². The Morgan fingerprint density at radius 1 is 1.52 bits per heavy atom. The molecule has 1 aliphatic heterocycles. The molecule has 7 nitrogen and oxygen atoms in total. The van der Waals surface area contributed by atoms with Crippen LogP contribution in [0.25, 0.3) is 0 Å². The summed E-state index contributed by atoms with van der Waals surface area (Å²) in [4.78, 5) is 24.2. The second-order valence-electron chi connectivity index (χ2n) is 4.52. The Labute approximate surface area is 154 Å². The first-order valence-electron chi connectivity index (χ1n) is 6.53. The van der Waals surface area contributed by atoms with Crippen molar-refractivity contribution < 1.29 is 23.9 Å². The molecule has 0 aliphatic carbocycles. The fourth-order valence-corrected chi connectivity index (χ4v) is 4.28. The molecule has 23 heavy (non-hydrogen) atoms. The third-order valence-electron chi connectivity index (χ3n) is 3.04. The number of ether oxygens (including phenoxy) is 3. The van der Waals surface area contributed by atoms with Crippen LogP contribution in [-0.2, 0) is 4.74 Å². The van der Waals surface area contributed by atoms with Crippen LogP contribution in [0, 0.1) is 10.1 Å². The number of nitro benzene ring substituents is 1. The quantitative estimate of drug-likeness (QED) is 0.118. The van der Waals surface area contributed by atoms with E-state index in [9.17, 15) is 14.9 Å². The summed E-state index contributed by atoms with van der Waals surface area (Å²) in [6, 6.07) is 3.06. The average Bonchev–Trinajstić information content (AvgIpc) is 2.96. The van der Waals surface area contributed by atoms with E-state index >= 15 is 0 Å². The van der Waals surface area contributed by atoms with Crippen molar-refractivity contribution in [3.05, 3.63) is 27.8 Å². The van der Waals surface area contributed by atoms with Crippen LogP contribution in [0.1, 0.15) is 17.7 Å². The number of rotatable bonds is 7. The average molecular weight is 567 g/mol. The molecule has 0 N–H and O–H groups in total. The Kier molecular flexibility index (Phi) is 7.00. The molecule has 1 unspecified atom stereocenters. The Bertz CT molecular complexity index is 612. The van der Waals surface area contributed by atoms with Gasteiger partial charge in [0.15, 0.2) is 0 Å². The molecule has 1 atom stereocenters. The van der Waals surface area contributed by atoms with Gasteiger partial charge in [0.05, 0.1) is 0 Å². The van der Waals surface area contributed by atoms with Crippen molar-refractivity contribution in [2.24, 2.45) is 0 Å². The molecular formula is C13H15I2NO6S. The summed E-state index contributed by atoms with van der Waals surface area (Å²) in [7, 11) is 0. The Balaban J connectivity index is 2.00. The monoisotopic (exact) mass is 567 g/mol. The fraction of sp³-hybridized carbons (Fsp3) is 0.462. The fourth-order valence-electron chi connectivity index (χ4n) is 1.94. The first kappa shape index (κ1) is 18.8. The summed E-state index contributed by atoms with van der Waals surface area (Å²) in [6.45, 7) is 2.27. The van der Waals surface area contributed by atoms with E-state index < -0.39 is 20.8 Å². The predicted molar refractivity (Wildman–Crippen MR) is 105 cm³/mol. The van der Waals surface area contributed by atoms with Crippen LogP contribution in [0.3, 0.4) is 0 Å². The Morgan fingerprint density at radius 2 is 2.17 bits per heavy atom. The standard InChI is InChI=1S/C13H15I2NO6S/c1-8(23-4-3-20-13(17)15(2)14)9-5-11-12(22-7-21-11)6-10(9)16(18)19/h5-6,8H,3-4,7H2,1-2H3. The number of alkyl halides is 1. The van der Waals surface area contributed by atoms with Gasteiger partial charge in [-0.2, -0.15) is 0 Å². The molecule has 0 aromatic heterocycles. The van der Waals surface area contributed by atoms with Crippen molar-refractivity contribution in [3.63, 3.8) is 0 Å². The number of fused-ring (bicyclic) bond motifs is 1. The van der Waals surface area contributed by atoms with E-state index in [1.54, 1.807) is 6.07 Å². The van der Waals surface area contributed by atoms with Gasteiger partial charge in [0.25, 0.3) is 0 Å². The van der Waals surface area contributed by atoms with E-state index in [1.165, 1.54) is 17.8 Å². The zero-order chi connectivity index (χ0) is 17.0. The third kappa shape index (κ3) is 4.98. The van der Waals surface area contributed by atoms with Crippen LogP contribution in [0.4, 0.5) is 10.5 Å². The van der Waals surface area contributed by atoms with E-state index in [0.717, 1.165) is 0 Å². The van der Waals surface area contributed by atoms with E-state index in [-0.39, 0.29) is 21.7 Å². The Morgan fingerprint density at radius 3 is 2.78 bits per heavy atom. The molecule has 1 heterocycles. The maximum atomic E-state index is 11.4. The molecule has 0 spiro atoms. The molecule has 0 saturated carbocycles. The normalized spacial score (nSPS) is 14.3. The summed E-state index contributed by atoms with van der Waals surface area (Å²) < 4.78 is 15.5. The van der Waals surface area contributed by atoms with Crippen molar-refractivity contribution in [1.82, 2.24) is 0 Å². The van der Waals surface area contributed by atoms with Gasteiger partial charge in [-0.25, -0.2) is 0 Å². The molecule has 0 amide bonds. The van der Waals surface area contributed by atoms with Gasteiger partial charge in [-0.15, -0.1) is 0 Å². The van der Waals surface area contributed by atoms with E-state index in [2.05, 4.69) is 18.6 Å². The third-order valence-corrected chi connectivity index (χ3v) is 7.95. The van der Waals surface area contributed by atoms with E-state index in [0.29, 0.717) is 29.4 Å². The first-order valence-corrected chi connectivity index (χ1v) is 17.1. The van der Waals surface area contributed by atoms with Crippen LogP contribution in [-0.4, -0.2) is 33.0 Å². The minimum absolute atomic E-state index is 0.0143. The van der Waals surface area contributed by atoms with Gasteiger partial charge in [-0.1, -0.05) is 0 Å². The van der Waals surface area contributed by atoms with Gasteiger partial charge in [-0.05, 0) is 0 Å². The molecular weight excluding hydrogens is 552 g/mol. The summed E-state index contributed by atoms with van der Waals surface area (Å²) in [5.41, 5.74) is 0.592. The van der Waals surface area contributed by atoms with Crippen LogP contribution >= 0.6 is 46.2 Å². The number of halogens is 2. The first-order chi connectivity index (χ1) is 10.9. The van der Waals surface area contributed by atoms with Gasteiger partial charge in [-0.3, -0.25) is 0 Å². The maximum absolute atomic E-state index is 11.4. The number of nitro groups is 1. The number of carbonyl (C=O) groups is 1. The molecule has 0 bridgehead atoms. The van der Waals surface area contributed by atoms with Crippen LogP contribution in [0.2, 0.25) is 0 Å². The second-order valence-corrected chi connectivity index (χ2v) is 17.4. The summed E-state index contributed by atoms with van der Waals surface area (Å²) >= 11 is 2.04. The van der Waals surface area contributed by atoms with Crippen molar-refractivity contribution >= 4 is 55.9 Å². The molecule has 1 aliphatic rings. The molecule has 10 heteroatoms. The van der Waals surface area contributed by atoms with Crippen molar-refractivity contribution in [1.29, 1.82) is 0 Å². The number of carbonyl (C=O) groups excluding carboxylic acids is 1. The number of thioether (sulfide) groups is 1. The molecule has 128 valence electrons. The molecule has 0 saturated heterocycles. The molecule has 1 aromatic carbocycles. The number of nitrogens with zero attached hydrogens (tertiary/aromatic N) is 1. The molecule has 0 fully saturated rings. The summed E-state index contributed by atoms with van der Waals surface area (Å²) in [6.07, 6.45) is 0. The molecule has 0 radical (unpaired) electrons. The van der Waals surface area contributed by atoms with Crippen LogP contribution in [0.5, 0.6) is 11.5 Å². The van der Waals surface area contributed by atoms with Crippen molar-refractivity contribution in [2.45, 2.75) is 12.2 Å². The zero-order valence-electron chi connectivity index (χ0n) is 12.4. The summed E-state index contributed by atoms with van der Waals surface area (Å²) in [5.74, 6) is 1.50. The predicted octanol–water partition coefficient (Wildman–Crippen LogP) is 4.74. The molecule has 1 aromatic rings. The van der Waals surface area contributed by atoms with Crippen LogP contribution < -0.4 is 9.47 Å². The SMILES string of the molecule is CC(SCCOC(=O)I(C)I)c1cc2c(cc1[N+](=O)[O-])OCO2. The summed E-state index contributed by atoms with van der Waals surface area (Å²) in [5, 5.41) is 11.1. The number of benzene rings is 1. The van der Waals surface area contributed by atoms with Gasteiger partial charge in [0.2, 0.25) is 0 Å². The Hall–Kier alpha value is -0.500. The minimum atomic E-state index is -1.60. The van der Waals surface area contributed by atoms with E-state index in [4.69, 9.17) is 14.2 Å². The van der Waals surface area contributed by atoms with Crippen molar-refractivity contribution in [2.75, 3.05) is 24.1 Å². The molecule has 2 rings (SSSR count). The van der Waals surface area contributed by atoms with Crippen molar-refractivity contribution in [3.8, 4) is 11.5 Å². The van der Waals surface area contributed by atoms with Gasteiger partial charge in [0, 0.05) is 0 Å². The van der Waals surface area contributed by atoms with Gasteiger partial charge >= 0.3 is 155 Å². The van der Waals surface area contributed by atoms with Gasteiger partial charge < -0.3 is 0 Å².